The summed E-state index contributed by atoms with van der Waals surface area (Å²) in [5.41, 5.74) is 9.65. The maximum atomic E-state index is 9.21. The molecule has 2 rings (SSSR count). The van der Waals surface area contributed by atoms with Crippen LogP contribution in [0.2, 0.25) is 0 Å². The summed E-state index contributed by atoms with van der Waals surface area (Å²) >= 11 is 0. The van der Waals surface area contributed by atoms with Crippen molar-refractivity contribution in [3.8, 4) is 11.5 Å². The molecule has 0 aromatic heterocycles. The van der Waals surface area contributed by atoms with Crippen LogP contribution in [0.3, 0.4) is 0 Å². The number of ether oxygens (including phenoxy) is 1. The van der Waals surface area contributed by atoms with Gasteiger partial charge in [0.05, 0.1) is 0 Å². The van der Waals surface area contributed by atoms with E-state index in [1.54, 1.807) is 12.1 Å². The molecule has 0 unspecified atom stereocenters. The lowest BCUT2D eigenvalue weighted by Gasteiger charge is -2.13. The second kappa shape index (κ2) is 5.00. The van der Waals surface area contributed by atoms with Gasteiger partial charge >= 0.3 is 0 Å². The number of nitrogen functional groups attached to an aromatic ring is 1. The van der Waals surface area contributed by atoms with Crippen molar-refractivity contribution in [1.82, 2.24) is 0 Å². The molecule has 0 saturated heterocycles. The van der Waals surface area contributed by atoms with Crippen LogP contribution in [0.5, 0.6) is 11.5 Å². The van der Waals surface area contributed by atoms with E-state index >= 15 is 0 Å². The number of aryl methyl sites for hydroxylation is 1. The highest BCUT2D eigenvalue weighted by Crippen LogP contribution is 2.28. The fraction of sp³-hybridized carbons (Fsp3) is 0.200. The quantitative estimate of drug-likeness (QED) is 0.814. The maximum Gasteiger partial charge on any atom is 0.127 e. The molecule has 3 N–H and O–H groups in total. The molecule has 0 bridgehead atoms. The van der Waals surface area contributed by atoms with Gasteiger partial charge in [-0.15, -0.1) is 0 Å². The first-order valence-electron chi connectivity index (χ1n) is 5.84. The summed E-state index contributed by atoms with van der Waals surface area (Å²) < 4.78 is 5.81. The summed E-state index contributed by atoms with van der Waals surface area (Å²) in [5.74, 6) is 1.10. The average molecular weight is 243 g/mol. The SMILES string of the molecule is Cc1ccc(N)c(C)c1OCc1ccc(O)cc1. The van der Waals surface area contributed by atoms with Crippen LogP contribution in [-0.2, 0) is 6.61 Å². The number of nitrogens with two attached hydrogens (primary N) is 1. The van der Waals surface area contributed by atoms with Crippen LogP contribution in [-0.4, -0.2) is 5.11 Å². The molecule has 0 aliphatic carbocycles. The molecule has 18 heavy (non-hydrogen) atoms. The van der Waals surface area contributed by atoms with Crippen molar-refractivity contribution >= 4 is 5.69 Å². The summed E-state index contributed by atoms with van der Waals surface area (Å²) in [6.07, 6.45) is 0. The second-order valence-electron chi connectivity index (χ2n) is 4.38. The highest BCUT2D eigenvalue weighted by molar-refractivity contribution is 5.56. The molecule has 3 nitrogen and oxygen atoms in total. The molecular weight excluding hydrogens is 226 g/mol. The van der Waals surface area contributed by atoms with Gasteiger partial charge in [0.15, 0.2) is 0 Å². The van der Waals surface area contributed by atoms with Gasteiger partial charge in [0.25, 0.3) is 0 Å². The Balaban J connectivity index is 2.15. The van der Waals surface area contributed by atoms with Crippen LogP contribution in [0.4, 0.5) is 5.69 Å². The lowest BCUT2D eigenvalue weighted by atomic mass is 10.1. The zero-order valence-electron chi connectivity index (χ0n) is 10.6. The molecule has 3 heteroatoms. The van der Waals surface area contributed by atoms with Gasteiger partial charge in [0.1, 0.15) is 18.1 Å². The van der Waals surface area contributed by atoms with E-state index in [9.17, 15) is 5.11 Å². The molecule has 94 valence electrons. The molecular formula is C15H17NO2. The molecule has 0 amide bonds. The molecule has 0 atom stereocenters. The summed E-state index contributed by atoms with van der Waals surface area (Å²) in [5, 5.41) is 9.21. The van der Waals surface area contributed by atoms with Gasteiger partial charge in [0, 0.05) is 11.3 Å². The van der Waals surface area contributed by atoms with E-state index in [2.05, 4.69) is 0 Å². The minimum Gasteiger partial charge on any atom is -0.508 e. The standard InChI is InChI=1S/C15H17NO2/c1-10-3-8-14(16)11(2)15(10)18-9-12-4-6-13(17)7-5-12/h3-8,17H,9,16H2,1-2H3. The van der Waals surface area contributed by atoms with E-state index in [1.807, 2.05) is 38.1 Å². The van der Waals surface area contributed by atoms with Crippen molar-refractivity contribution in [2.24, 2.45) is 0 Å². The van der Waals surface area contributed by atoms with Gasteiger partial charge in [-0.25, -0.2) is 0 Å². The normalized spacial score (nSPS) is 10.3. The maximum absolute atomic E-state index is 9.21. The molecule has 0 aliphatic rings. The van der Waals surface area contributed by atoms with Crippen LogP contribution in [0.1, 0.15) is 16.7 Å². The third-order valence-electron chi connectivity index (χ3n) is 2.96. The third-order valence-corrected chi connectivity index (χ3v) is 2.96. The summed E-state index contributed by atoms with van der Waals surface area (Å²) in [6, 6.07) is 10.8. The van der Waals surface area contributed by atoms with Gasteiger partial charge in [-0.05, 0) is 43.2 Å². The summed E-state index contributed by atoms with van der Waals surface area (Å²) in [6.45, 7) is 4.42. The molecule has 2 aromatic carbocycles. The smallest absolute Gasteiger partial charge is 0.127 e. The molecule has 0 heterocycles. The number of phenolic OH excluding ortho intramolecular Hbond substituents is 1. The number of hydrogen-bond acceptors (Lipinski definition) is 3. The van der Waals surface area contributed by atoms with E-state index in [1.165, 1.54) is 0 Å². The van der Waals surface area contributed by atoms with Crippen LogP contribution < -0.4 is 10.5 Å². The highest BCUT2D eigenvalue weighted by Gasteiger charge is 2.07. The van der Waals surface area contributed by atoms with Crippen molar-refractivity contribution in [2.45, 2.75) is 20.5 Å². The van der Waals surface area contributed by atoms with E-state index in [0.717, 1.165) is 28.1 Å². The van der Waals surface area contributed by atoms with E-state index < -0.39 is 0 Å². The molecule has 0 radical (unpaired) electrons. The van der Waals surface area contributed by atoms with Crippen molar-refractivity contribution in [2.75, 3.05) is 5.73 Å². The van der Waals surface area contributed by atoms with Crippen molar-refractivity contribution in [3.63, 3.8) is 0 Å². The van der Waals surface area contributed by atoms with Gasteiger partial charge in [0.2, 0.25) is 0 Å². The summed E-state index contributed by atoms with van der Waals surface area (Å²) in [7, 11) is 0. The number of anilines is 1. The molecule has 0 fully saturated rings. The van der Waals surface area contributed by atoms with Crippen molar-refractivity contribution in [1.29, 1.82) is 0 Å². The lowest BCUT2D eigenvalue weighted by Crippen LogP contribution is -2.01. The minimum atomic E-state index is 0.259. The molecule has 0 spiro atoms. The van der Waals surface area contributed by atoms with E-state index in [4.69, 9.17) is 10.5 Å². The Morgan fingerprint density at radius 2 is 1.72 bits per heavy atom. The minimum absolute atomic E-state index is 0.259. The topological polar surface area (TPSA) is 55.5 Å². The fourth-order valence-electron chi connectivity index (χ4n) is 1.81. The average Bonchev–Trinajstić information content (AvgIpc) is 2.36. The number of aromatic hydroxyl groups is 1. The Morgan fingerprint density at radius 3 is 2.39 bits per heavy atom. The molecule has 0 aliphatic heterocycles. The predicted octanol–water partition coefficient (Wildman–Crippen LogP) is 3.17. The Labute approximate surface area is 107 Å². The van der Waals surface area contributed by atoms with E-state index in [0.29, 0.717) is 6.61 Å². The van der Waals surface area contributed by atoms with Crippen molar-refractivity contribution < 1.29 is 9.84 Å². The highest BCUT2D eigenvalue weighted by atomic mass is 16.5. The Morgan fingerprint density at radius 1 is 1.06 bits per heavy atom. The third kappa shape index (κ3) is 2.56. The predicted molar refractivity (Wildman–Crippen MR) is 72.8 cm³/mol. The van der Waals surface area contributed by atoms with Gasteiger partial charge in [-0.1, -0.05) is 18.2 Å². The number of phenols is 1. The second-order valence-corrected chi connectivity index (χ2v) is 4.38. The number of hydrogen-bond donors (Lipinski definition) is 2. The van der Waals surface area contributed by atoms with Crippen LogP contribution in [0.25, 0.3) is 0 Å². The van der Waals surface area contributed by atoms with Crippen LogP contribution >= 0.6 is 0 Å². The Hall–Kier alpha value is -2.16. The van der Waals surface area contributed by atoms with Crippen LogP contribution in [0, 0.1) is 13.8 Å². The molecule has 2 aromatic rings. The first-order valence-corrected chi connectivity index (χ1v) is 5.84. The first kappa shape index (κ1) is 12.3. The van der Waals surface area contributed by atoms with Crippen molar-refractivity contribution in [3.05, 3.63) is 53.1 Å². The number of rotatable bonds is 3. The van der Waals surface area contributed by atoms with Gasteiger partial charge < -0.3 is 15.6 Å². The Kier molecular flexibility index (Phi) is 3.42. The fourth-order valence-corrected chi connectivity index (χ4v) is 1.81. The van der Waals surface area contributed by atoms with E-state index in [-0.39, 0.29) is 5.75 Å². The van der Waals surface area contributed by atoms with Gasteiger partial charge in [-0.2, -0.15) is 0 Å². The lowest BCUT2D eigenvalue weighted by molar-refractivity contribution is 0.302. The number of benzene rings is 2. The van der Waals surface area contributed by atoms with Gasteiger partial charge in [-0.3, -0.25) is 0 Å². The zero-order valence-corrected chi connectivity index (χ0v) is 10.6. The van der Waals surface area contributed by atoms with Crippen LogP contribution in [0.15, 0.2) is 36.4 Å². The molecule has 0 saturated carbocycles. The zero-order chi connectivity index (χ0) is 13.1. The summed E-state index contributed by atoms with van der Waals surface area (Å²) in [4.78, 5) is 0. The first-order chi connectivity index (χ1) is 8.58. The monoisotopic (exact) mass is 243 g/mol. The Bertz CT molecular complexity index is 547. The largest absolute Gasteiger partial charge is 0.508 e.